The Morgan fingerprint density at radius 2 is 2.21 bits per heavy atom. The molecular weight excluding hydrogens is 274 g/mol. The number of carbonyl (C=O) groups excluding carboxylic acids is 2. The highest BCUT2D eigenvalue weighted by Crippen LogP contribution is 2.28. The summed E-state index contributed by atoms with van der Waals surface area (Å²) in [4.78, 5) is 37.2. The van der Waals surface area contributed by atoms with Crippen LogP contribution in [-0.2, 0) is 9.63 Å². The van der Waals surface area contributed by atoms with Gasteiger partial charge in [0, 0.05) is 11.6 Å². The predicted molar refractivity (Wildman–Crippen MR) is 67.5 cm³/mol. The minimum absolute atomic E-state index is 0.0500. The molecule has 0 heterocycles. The number of thioether (sulfide) groups is 1. The number of primary amides is 1. The smallest absolute Gasteiger partial charge is 0.283 e. The number of amides is 2. The van der Waals surface area contributed by atoms with Gasteiger partial charge in [0.2, 0.25) is 5.91 Å². The zero-order chi connectivity index (χ0) is 14.4. The van der Waals surface area contributed by atoms with Crippen LogP contribution in [0.25, 0.3) is 0 Å². The number of nitro benzene ring substituents is 1. The van der Waals surface area contributed by atoms with Crippen molar-refractivity contribution < 1.29 is 19.3 Å². The van der Waals surface area contributed by atoms with Crippen LogP contribution in [-0.4, -0.2) is 29.6 Å². The third-order valence-corrected chi connectivity index (χ3v) is 2.80. The van der Waals surface area contributed by atoms with Gasteiger partial charge in [-0.2, -0.15) is 0 Å². The molecule has 0 bridgehead atoms. The Hall–Kier alpha value is -2.13. The Morgan fingerprint density at radius 1 is 1.53 bits per heavy atom. The van der Waals surface area contributed by atoms with E-state index >= 15 is 0 Å². The summed E-state index contributed by atoms with van der Waals surface area (Å²) < 4.78 is 0. The number of hydrogen-bond donors (Lipinski definition) is 2. The Balaban J connectivity index is 2.83. The van der Waals surface area contributed by atoms with Gasteiger partial charge in [0.1, 0.15) is 0 Å². The monoisotopic (exact) mass is 285 g/mol. The molecule has 3 N–H and O–H groups in total. The summed E-state index contributed by atoms with van der Waals surface area (Å²) in [5.41, 5.74) is 6.66. The lowest BCUT2D eigenvalue weighted by Gasteiger charge is -2.05. The molecule has 0 radical (unpaired) electrons. The minimum Gasteiger partial charge on any atom is -0.368 e. The summed E-state index contributed by atoms with van der Waals surface area (Å²) in [5.74, 6) is -1.44. The van der Waals surface area contributed by atoms with Crippen LogP contribution in [0.3, 0.4) is 0 Å². The lowest BCUT2D eigenvalue weighted by Crippen LogP contribution is -2.29. The third kappa shape index (κ3) is 4.23. The average Bonchev–Trinajstić information content (AvgIpc) is 2.37. The number of hydroxylamine groups is 1. The number of rotatable bonds is 6. The molecule has 0 aromatic heterocycles. The Kier molecular flexibility index (Phi) is 5.27. The molecule has 19 heavy (non-hydrogen) atoms. The van der Waals surface area contributed by atoms with Crippen LogP contribution >= 0.6 is 11.8 Å². The Bertz CT molecular complexity index is 520. The molecule has 9 heteroatoms. The summed E-state index contributed by atoms with van der Waals surface area (Å²) in [7, 11) is 0. The summed E-state index contributed by atoms with van der Waals surface area (Å²) in [6.07, 6.45) is 1.69. The molecule has 0 atom stereocenters. The topological polar surface area (TPSA) is 125 Å². The van der Waals surface area contributed by atoms with E-state index in [1.807, 2.05) is 5.48 Å². The van der Waals surface area contributed by atoms with Crippen LogP contribution in [0.5, 0.6) is 0 Å². The Morgan fingerprint density at radius 3 is 2.74 bits per heavy atom. The van der Waals surface area contributed by atoms with E-state index in [4.69, 9.17) is 5.73 Å². The predicted octanol–water partition coefficient (Wildman–Crippen LogP) is 0.463. The maximum Gasteiger partial charge on any atom is 0.283 e. The number of benzene rings is 1. The van der Waals surface area contributed by atoms with Gasteiger partial charge in [-0.15, -0.1) is 11.8 Å². The van der Waals surface area contributed by atoms with E-state index in [0.717, 1.165) is 6.07 Å². The first-order valence-electron chi connectivity index (χ1n) is 4.98. The van der Waals surface area contributed by atoms with Crippen LogP contribution in [0, 0.1) is 10.1 Å². The van der Waals surface area contributed by atoms with Gasteiger partial charge in [0.05, 0.1) is 9.82 Å². The highest BCUT2D eigenvalue weighted by Gasteiger charge is 2.17. The molecule has 1 aromatic rings. The van der Waals surface area contributed by atoms with Gasteiger partial charge in [-0.1, -0.05) is 0 Å². The van der Waals surface area contributed by atoms with E-state index in [2.05, 4.69) is 4.84 Å². The maximum atomic E-state index is 11.6. The molecule has 0 spiro atoms. The zero-order valence-electron chi connectivity index (χ0n) is 9.91. The minimum atomic E-state index is -0.746. The molecule has 0 saturated heterocycles. The molecule has 0 unspecified atom stereocenters. The third-order valence-electron chi connectivity index (χ3n) is 2.02. The number of hydrogen-bond acceptors (Lipinski definition) is 6. The standard InChI is InChI=1S/C10H11N3O5S/c1-19-8-3-2-6(4-7(8)13(16)17)10(15)12-18-5-9(11)14/h2-4H,5H2,1H3,(H2,11,14)(H,12,15). The van der Waals surface area contributed by atoms with Crippen molar-refractivity contribution in [3.63, 3.8) is 0 Å². The first-order chi connectivity index (χ1) is 8.95. The van der Waals surface area contributed by atoms with Gasteiger partial charge >= 0.3 is 0 Å². The molecule has 1 rings (SSSR count). The van der Waals surface area contributed by atoms with Crippen molar-refractivity contribution in [2.45, 2.75) is 4.90 Å². The van der Waals surface area contributed by atoms with Crippen LogP contribution in [0.2, 0.25) is 0 Å². The molecule has 8 nitrogen and oxygen atoms in total. The first kappa shape index (κ1) is 14.9. The van der Waals surface area contributed by atoms with Gasteiger partial charge in [0.15, 0.2) is 6.61 Å². The molecule has 0 aliphatic carbocycles. The van der Waals surface area contributed by atoms with E-state index in [0.29, 0.717) is 4.90 Å². The fourth-order valence-electron chi connectivity index (χ4n) is 1.21. The first-order valence-corrected chi connectivity index (χ1v) is 6.21. The lowest BCUT2D eigenvalue weighted by molar-refractivity contribution is -0.387. The molecular formula is C10H11N3O5S. The van der Waals surface area contributed by atoms with Crippen LogP contribution in [0.15, 0.2) is 23.1 Å². The van der Waals surface area contributed by atoms with Crippen molar-refractivity contribution in [3.8, 4) is 0 Å². The summed E-state index contributed by atoms with van der Waals surface area (Å²) in [6.45, 7) is -0.475. The van der Waals surface area contributed by atoms with Gasteiger partial charge in [-0.05, 0) is 18.4 Å². The second-order valence-corrected chi connectivity index (χ2v) is 4.18. The second kappa shape index (κ2) is 6.71. The van der Waals surface area contributed by atoms with Gasteiger partial charge in [-0.3, -0.25) is 24.5 Å². The van der Waals surface area contributed by atoms with E-state index < -0.39 is 23.3 Å². The zero-order valence-corrected chi connectivity index (χ0v) is 10.7. The van der Waals surface area contributed by atoms with E-state index in [1.54, 1.807) is 6.26 Å². The maximum absolute atomic E-state index is 11.6. The lowest BCUT2D eigenvalue weighted by atomic mass is 10.2. The number of nitrogens with two attached hydrogens (primary N) is 1. The Labute approximate surface area is 112 Å². The normalized spacial score (nSPS) is 9.95. The number of nitrogens with one attached hydrogen (secondary N) is 1. The number of carbonyl (C=O) groups is 2. The van der Waals surface area contributed by atoms with Crippen molar-refractivity contribution in [3.05, 3.63) is 33.9 Å². The molecule has 1 aromatic carbocycles. The van der Waals surface area contributed by atoms with Crippen LogP contribution in [0.1, 0.15) is 10.4 Å². The summed E-state index contributed by atoms with van der Waals surface area (Å²) in [5, 5.41) is 10.8. The highest BCUT2D eigenvalue weighted by atomic mass is 32.2. The molecule has 102 valence electrons. The van der Waals surface area contributed by atoms with Crippen molar-refractivity contribution in [1.29, 1.82) is 0 Å². The van der Waals surface area contributed by atoms with E-state index in [9.17, 15) is 19.7 Å². The molecule has 0 fully saturated rings. The quantitative estimate of drug-likeness (QED) is 0.444. The van der Waals surface area contributed by atoms with Gasteiger partial charge < -0.3 is 5.73 Å². The molecule has 2 amide bonds. The molecule has 0 aliphatic heterocycles. The number of nitrogens with zero attached hydrogens (tertiary/aromatic N) is 1. The summed E-state index contributed by atoms with van der Waals surface area (Å²) >= 11 is 1.20. The van der Waals surface area contributed by atoms with E-state index in [-0.39, 0.29) is 11.3 Å². The van der Waals surface area contributed by atoms with Crippen molar-refractivity contribution >= 4 is 29.3 Å². The van der Waals surface area contributed by atoms with Crippen molar-refractivity contribution in [2.24, 2.45) is 5.73 Å². The highest BCUT2D eigenvalue weighted by molar-refractivity contribution is 7.98. The van der Waals surface area contributed by atoms with Crippen molar-refractivity contribution in [2.75, 3.05) is 12.9 Å². The fraction of sp³-hybridized carbons (Fsp3) is 0.200. The van der Waals surface area contributed by atoms with E-state index in [1.165, 1.54) is 23.9 Å². The molecule has 0 aliphatic rings. The SMILES string of the molecule is CSc1ccc(C(=O)NOCC(N)=O)cc1[N+](=O)[O-]. The summed E-state index contributed by atoms with van der Waals surface area (Å²) in [6, 6.07) is 4.02. The largest absolute Gasteiger partial charge is 0.368 e. The van der Waals surface area contributed by atoms with Gasteiger partial charge in [0.25, 0.3) is 11.6 Å². The van der Waals surface area contributed by atoms with Gasteiger partial charge in [-0.25, -0.2) is 5.48 Å². The van der Waals surface area contributed by atoms with Crippen molar-refractivity contribution in [1.82, 2.24) is 5.48 Å². The van der Waals surface area contributed by atoms with Crippen LogP contribution < -0.4 is 11.2 Å². The van der Waals surface area contributed by atoms with Crippen LogP contribution in [0.4, 0.5) is 5.69 Å². The molecule has 0 saturated carbocycles. The fourth-order valence-corrected chi connectivity index (χ4v) is 1.75. The second-order valence-electron chi connectivity index (χ2n) is 3.33. The average molecular weight is 285 g/mol. The number of nitro groups is 1.